The first-order valence-corrected chi connectivity index (χ1v) is 8.54. The van der Waals surface area contributed by atoms with E-state index in [1.165, 1.54) is 49.9 Å². The summed E-state index contributed by atoms with van der Waals surface area (Å²) in [4.78, 5) is 14.3. The van der Waals surface area contributed by atoms with Gasteiger partial charge in [0, 0.05) is 12.6 Å². The molecule has 0 aromatic carbocycles. The van der Waals surface area contributed by atoms with Gasteiger partial charge in [-0.1, -0.05) is 43.4 Å². The van der Waals surface area contributed by atoms with Crippen LogP contribution in [0.25, 0.3) is 0 Å². The van der Waals surface area contributed by atoms with Crippen molar-refractivity contribution in [3.8, 4) is 0 Å². The van der Waals surface area contributed by atoms with Crippen LogP contribution in [-0.4, -0.2) is 33.7 Å². The molecule has 0 radical (unpaired) electrons. The van der Waals surface area contributed by atoms with Crippen molar-refractivity contribution in [2.24, 2.45) is 5.92 Å². The molecule has 5 nitrogen and oxygen atoms in total. The van der Waals surface area contributed by atoms with Gasteiger partial charge in [-0.15, -0.1) is 10.2 Å². The van der Waals surface area contributed by atoms with Crippen molar-refractivity contribution in [1.82, 2.24) is 15.1 Å². The van der Waals surface area contributed by atoms with Gasteiger partial charge >= 0.3 is 6.03 Å². The second-order valence-corrected chi connectivity index (χ2v) is 6.74. The van der Waals surface area contributed by atoms with Gasteiger partial charge in [0.2, 0.25) is 5.13 Å². The van der Waals surface area contributed by atoms with Gasteiger partial charge in [-0.2, -0.15) is 0 Å². The second-order valence-electron chi connectivity index (χ2n) is 5.90. The van der Waals surface area contributed by atoms with Crippen LogP contribution in [0.15, 0.2) is 5.51 Å². The molecular weight excluding hydrogens is 272 g/mol. The molecule has 0 bridgehead atoms. The zero-order chi connectivity index (χ0) is 13.8. The van der Waals surface area contributed by atoms with E-state index >= 15 is 0 Å². The predicted octanol–water partition coefficient (Wildman–Crippen LogP) is 3.50. The van der Waals surface area contributed by atoms with Gasteiger partial charge in [-0.3, -0.25) is 5.32 Å². The molecule has 1 aliphatic carbocycles. The van der Waals surface area contributed by atoms with Gasteiger partial charge in [-0.25, -0.2) is 4.79 Å². The number of carbonyl (C=O) groups excluding carboxylic acids is 1. The second kappa shape index (κ2) is 6.52. The van der Waals surface area contributed by atoms with Gasteiger partial charge in [0.25, 0.3) is 0 Å². The number of rotatable bonds is 3. The molecule has 6 heteroatoms. The molecule has 1 saturated heterocycles. The van der Waals surface area contributed by atoms with E-state index < -0.39 is 0 Å². The van der Waals surface area contributed by atoms with Crippen LogP contribution in [0.5, 0.6) is 0 Å². The lowest BCUT2D eigenvalue weighted by Crippen LogP contribution is -2.39. The fourth-order valence-corrected chi connectivity index (χ4v) is 3.98. The molecule has 2 fully saturated rings. The number of hydrogen-bond acceptors (Lipinski definition) is 4. The van der Waals surface area contributed by atoms with Crippen LogP contribution < -0.4 is 5.32 Å². The van der Waals surface area contributed by atoms with Crippen molar-refractivity contribution in [2.75, 3.05) is 11.9 Å². The maximum atomic E-state index is 12.3. The summed E-state index contributed by atoms with van der Waals surface area (Å²) in [5.74, 6) is 0.823. The highest BCUT2D eigenvalue weighted by atomic mass is 32.1. The summed E-state index contributed by atoms with van der Waals surface area (Å²) in [6.07, 6.45) is 10.3. The molecule has 110 valence electrons. The minimum atomic E-state index is 0.0000550. The molecule has 1 N–H and O–H groups in total. The third-order valence-electron chi connectivity index (χ3n) is 4.54. The van der Waals surface area contributed by atoms with Gasteiger partial charge < -0.3 is 4.90 Å². The van der Waals surface area contributed by atoms with Crippen LogP contribution in [0, 0.1) is 5.92 Å². The molecule has 2 heterocycles. The minimum Gasteiger partial charge on any atom is -0.321 e. The summed E-state index contributed by atoms with van der Waals surface area (Å²) in [5, 5.41) is 11.1. The molecule has 2 amide bonds. The zero-order valence-corrected chi connectivity index (χ0v) is 12.6. The van der Waals surface area contributed by atoms with Crippen LogP contribution in [0.4, 0.5) is 9.93 Å². The number of aromatic nitrogens is 2. The normalized spacial score (nSPS) is 24.0. The molecule has 1 aromatic rings. The molecule has 0 spiro atoms. The first-order valence-electron chi connectivity index (χ1n) is 7.67. The summed E-state index contributed by atoms with van der Waals surface area (Å²) >= 11 is 1.37. The van der Waals surface area contributed by atoms with E-state index in [1.807, 2.05) is 4.90 Å². The number of hydrogen-bond donors (Lipinski definition) is 1. The van der Waals surface area contributed by atoms with Gasteiger partial charge in [-0.05, 0) is 25.2 Å². The average molecular weight is 294 g/mol. The Morgan fingerprint density at radius 3 is 2.90 bits per heavy atom. The van der Waals surface area contributed by atoms with Crippen LogP contribution in [0.1, 0.15) is 51.4 Å². The summed E-state index contributed by atoms with van der Waals surface area (Å²) in [6, 6.07) is 0.422. The Balaban J connectivity index is 1.55. The largest absolute Gasteiger partial charge is 0.323 e. The molecule has 1 unspecified atom stereocenters. The standard InChI is InChI=1S/C14H22N4OS/c19-14(16-13-17-15-10-20-13)18-8-4-7-12(18)9-11-5-2-1-3-6-11/h10-12H,1-9H2,(H,16,17,19). The molecule has 1 saturated carbocycles. The Hall–Kier alpha value is -1.17. The molecular formula is C14H22N4OS. The third-order valence-corrected chi connectivity index (χ3v) is 5.15. The number of anilines is 1. The minimum absolute atomic E-state index is 0.0000550. The van der Waals surface area contributed by atoms with Gasteiger partial charge in [0.1, 0.15) is 5.51 Å². The van der Waals surface area contributed by atoms with Gasteiger partial charge in [0.15, 0.2) is 0 Å². The summed E-state index contributed by atoms with van der Waals surface area (Å²) < 4.78 is 0. The van der Waals surface area contributed by atoms with Crippen LogP contribution in [-0.2, 0) is 0 Å². The van der Waals surface area contributed by atoms with Crippen molar-refractivity contribution >= 4 is 22.5 Å². The number of nitrogens with zero attached hydrogens (tertiary/aromatic N) is 3. The zero-order valence-electron chi connectivity index (χ0n) is 11.8. The molecule has 1 aromatic heterocycles. The molecule has 2 aliphatic rings. The Bertz CT molecular complexity index is 430. The van der Waals surface area contributed by atoms with Crippen molar-refractivity contribution in [2.45, 2.75) is 57.4 Å². The number of nitrogens with one attached hydrogen (secondary N) is 1. The quantitative estimate of drug-likeness (QED) is 0.928. The van der Waals surface area contributed by atoms with E-state index in [2.05, 4.69) is 15.5 Å². The van der Waals surface area contributed by atoms with E-state index in [-0.39, 0.29) is 6.03 Å². The summed E-state index contributed by atoms with van der Waals surface area (Å²) in [5.41, 5.74) is 1.64. The van der Waals surface area contributed by atoms with E-state index in [0.29, 0.717) is 11.2 Å². The highest BCUT2D eigenvalue weighted by molar-refractivity contribution is 7.13. The predicted molar refractivity (Wildman–Crippen MR) is 79.8 cm³/mol. The Kier molecular flexibility index (Phi) is 4.50. The van der Waals surface area contributed by atoms with Crippen LogP contribution >= 0.6 is 11.3 Å². The van der Waals surface area contributed by atoms with E-state index in [1.54, 1.807) is 5.51 Å². The van der Waals surface area contributed by atoms with Crippen LogP contribution in [0.2, 0.25) is 0 Å². The van der Waals surface area contributed by atoms with Gasteiger partial charge in [0.05, 0.1) is 0 Å². The smallest absolute Gasteiger partial charge is 0.321 e. The van der Waals surface area contributed by atoms with Crippen LogP contribution in [0.3, 0.4) is 0 Å². The number of carbonyl (C=O) groups is 1. The lowest BCUT2D eigenvalue weighted by Gasteiger charge is -2.30. The molecule has 20 heavy (non-hydrogen) atoms. The van der Waals surface area contributed by atoms with E-state index in [9.17, 15) is 4.79 Å². The molecule has 1 aliphatic heterocycles. The third kappa shape index (κ3) is 3.29. The monoisotopic (exact) mass is 294 g/mol. The Morgan fingerprint density at radius 2 is 2.15 bits per heavy atom. The average Bonchev–Trinajstić information content (AvgIpc) is 3.11. The topological polar surface area (TPSA) is 58.1 Å². The fourth-order valence-electron chi connectivity index (χ4n) is 3.55. The maximum Gasteiger partial charge on any atom is 0.323 e. The fraction of sp³-hybridized carbons (Fsp3) is 0.786. The van der Waals surface area contributed by atoms with Crippen molar-refractivity contribution < 1.29 is 4.79 Å². The SMILES string of the molecule is O=C(Nc1nncs1)N1CCCC1CC1CCCCC1. The Labute approximate surface area is 123 Å². The Morgan fingerprint density at radius 1 is 1.30 bits per heavy atom. The van der Waals surface area contributed by atoms with Crippen molar-refractivity contribution in [1.29, 1.82) is 0 Å². The highest BCUT2D eigenvalue weighted by Gasteiger charge is 2.31. The first kappa shape index (κ1) is 13.8. The maximum absolute atomic E-state index is 12.3. The number of amides is 2. The molecule has 1 atom stereocenters. The highest BCUT2D eigenvalue weighted by Crippen LogP contribution is 2.32. The van der Waals surface area contributed by atoms with E-state index in [0.717, 1.165) is 25.3 Å². The van der Waals surface area contributed by atoms with E-state index in [4.69, 9.17) is 0 Å². The lowest BCUT2D eigenvalue weighted by atomic mass is 9.84. The van der Waals surface area contributed by atoms with Crippen molar-refractivity contribution in [3.63, 3.8) is 0 Å². The van der Waals surface area contributed by atoms with Crippen molar-refractivity contribution in [3.05, 3.63) is 5.51 Å². The summed E-state index contributed by atoms with van der Waals surface area (Å²) in [7, 11) is 0. The number of urea groups is 1. The number of likely N-dealkylation sites (tertiary alicyclic amines) is 1. The first-order chi connectivity index (χ1) is 9.83. The lowest BCUT2D eigenvalue weighted by molar-refractivity contribution is 0.190. The summed E-state index contributed by atoms with van der Waals surface area (Å²) in [6.45, 7) is 0.877. The molecule has 3 rings (SSSR count).